The van der Waals surface area contributed by atoms with Crippen molar-refractivity contribution < 1.29 is 4.79 Å². The van der Waals surface area contributed by atoms with Crippen molar-refractivity contribution >= 4 is 23.4 Å². The maximum absolute atomic E-state index is 12.2. The lowest BCUT2D eigenvalue weighted by atomic mass is 10.2. The lowest BCUT2D eigenvalue weighted by Gasteiger charge is -2.17. The van der Waals surface area contributed by atoms with E-state index in [0.29, 0.717) is 5.75 Å². The van der Waals surface area contributed by atoms with E-state index < -0.39 is 0 Å². The van der Waals surface area contributed by atoms with E-state index in [-0.39, 0.29) is 5.91 Å². The van der Waals surface area contributed by atoms with E-state index in [1.807, 2.05) is 37.4 Å². The van der Waals surface area contributed by atoms with Crippen molar-refractivity contribution in [1.82, 2.24) is 0 Å². The summed E-state index contributed by atoms with van der Waals surface area (Å²) in [6.07, 6.45) is 0. The van der Waals surface area contributed by atoms with Crippen LogP contribution in [-0.2, 0) is 4.79 Å². The van der Waals surface area contributed by atoms with Gasteiger partial charge in [0.2, 0.25) is 5.91 Å². The third kappa shape index (κ3) is 3.64. The van der Waals surface area contributed by atoms with Crippen LogP contribution in [0.5, 0.6) is 0 Å². The van der Waals surface area contributed by atoms with Crippen molar-refractivity contribution in [3.63, 3.8) is 0 Å². The fraction of sp³-hybridized carbons (Fsp3) is 0.235. The Balaban J connectivity index is 1.98. The summed E-state index contributed by atoms with van der Waals surface area (Å²) in [6, 6.07) is 16.0. The molecule has 0 aliphatic carbocycles. The molecule has 2 aromatic carbocycles. The zero-order chi connectivity index (χ0) is 14.5. The van der Waals surface area contributed by atoms with E-state index in [0.717, 1.165) is 5.69 Å². The number of amides is 1. The first-order valence-corrected chi connectivity index (χ1v) is 7.58. The van der Waals surface area contributed by atoms with Crippen LogP contribution in [0.2, 0.25) is 0 Å². The van der Waals surface area contributed by atoms with Gasteiger partial charge in [-0.25, -0.2) is 0 Å². The largest absolute Gasteiger partial charge is 0.315 e. The van der Waals surface area contributed by atoms with Crippen LogP contribution >= 0.6 is 11.8 Å². The molecule has 0 fully saturated rings. The molecule has 0 bridgehead atoms. The zero-order valence-corrected chi connectivity index (χ0v) is 12.9. The quantitative estimate of drug-likeness (QED) is 0.790. The minimum atomic E-state index is 0.112. The van der Waals surface area contributed by atoms with Crippen LogP contribution < -0.4 is 4.90 Å². The fourth-order valence-electron chi connectivity index (χ4n) is 1.99. The number of benzene rings is 2. The summed E-state index contributed by atoms with van der Waals surface area (Å²) in [5, 5.41) is 0. The molecular formula is C17H19NOS. The van der Waals surface area contributed by atoms with Gasteiger partial charge >= 0.3 is 0 Å². The van der Waals surface area contributed by atoms with Crippen LogP contribution in [0.15, 0.2) is 53.4 Å². The molecule has 0 aliphatic heterocycles. The number of anilines is 1. The molecule has 0 aliphatic rings. The Kier molecular flexibility index (Phi) is 4.85. The van der Waals surface area contributed by atoms with Gasteiger partial charge in [-0.15, -0.1) is 11.8 Å². The number of aryl methyl sites for hydroxylation is 2. The van der Waals surface area contributed by atoms with Gasteiger partial charge in [-0.1, -0.05) is 35.9 Å². The zero-order valence-electron chi connectivity index (χ0n) is 12.1. The first-order chi connectivity index (χ1) is 9.58. The highest BCUT2D eigenvalue weighted by Gasteiger charge is 2.11. The van der Waals surface area contributed by atoms with E-state index in [9.17, 15) is 4.79 Å². The third-order valence-corrected chi connectivity index (χ3v) is 4.36. The Bertz CT molecular complexity index is 595. The van der Waals surface area contributed by atoms with Gasteiger partial charge in [0.15, 0.2) is 0 Å². The van der Waals surface area contributed by atoms with Crippen LogP contribution in [0.3, 0.4) is 0 Å². The molecule has 0 saturated heterocycles. The van der Waals surface area contributed by atoms with Gasteiger partial charge in [0.05, 0.1) is 5.75 Å². The van der Waals surface area contributed by atoms with Crippen LogP contribution in [0, 0.1) is 13.8 Å². The number of thioether (sulfide) groups is 1. The van der Waals surface area contributed by atoms with Gasteiger partial charge in [-0.3, -0.25) is 4.79 Å². The molecule has 0 unspecified atom stereocenters. The first kappa shape index (κ1) is 14.7. The molecule has 0 aromatic heterocycles. The molecule has 2 rings (SSSR count). The molecule has 0 atom stereocenters. The van der Waals surface area contributed by atoms with Gasteiger partial charge in [0.25, 0.3) is 0 Å². The van der Waals surface area contributed by atoms with E-state index in [1.165, 1.54) is 16.0 Å². The number of carbonyl (C=O) groups is 1. The van der Waals surface area contributed by atoms with Crippen molar-refractivity contribution in [3.05, 3.63) is 59.7 Å². The number of rotatable bonds is 4. The Morgan fingerprint density at radius 3 is 2.45 bits per heavy atom. The Morgan fingerprint density at radius 1 is 1.10 bits per heavy atom. The lowest BCUT2D eigenvalue weighted by Crippen LogP contribution is -2.27. The molecule has 2 nitrogen and oxygen atoms in total. The molecule has 104 valence electrons. The number of nitrogens with zero attached hydrogens (tertiary/aromatic N) is 1. The summed E-state index contributed by atoms with van der Waals surface area (Å²) in [5.74, 6) is 0.566. The van der Waals surface area contributed by atoms with Gasteiger partial charge in [0.1, 0.15) is 0 Å². The molecule has 20 heavy (non-hydrogen) atoms. The fourth-order valence-corrected chi connectivity index (χ4v) is 2.92. The summed E-state index contributed by atoms with van der Waals surface area (Å²) in [7, 11) is 1.82. The van der Waals surface area contributed by atoms with E-state index >= 15 is 0 Å². The van der Waals surface area contributed by atoms with Gasteiger partial charge < -0.3 is 4.90 Å². The van der Waals surface area contributed by atoms with Crippen LogP contribution in [0.25, 0.3) is 0 Å². The molecular weight excluding hydrogens is 266 g/mol. The molecule has 0 heterocycles. The predicted molar refractivity (Wildman–Crippen MR) is 86.5 cm³/mol. The summed E-state index contributed by atoms with van der Waals surface area (Å²) < 4.78 is 0. The van der Waals surface area contributed by atoms with Crippen molar-refractivity contribution in [1.29, 1.82) is 0 Å². The van der Waals surface area contributed by atoms with Gasteiger partial charge in [0, 0.05) is 17.6 Å². The Hall–Kier alpha value is -1.74. The van der Waals surface area contributed by atoms with Crippen molar-refractivity contribution in [3.8, 4) is 0 Å². The second kappa shape index (κ2) is 6.62. The molecule has 0 spiro atoms. The smallest absolute Gasteiger partial charge is 0.237 e. The van der Waals surface area contributed by atoms with Crippen LogP contribution in [0.4, 0.5) is 5.69 Å². The normalized spacial score (nSPS) is 10.3. The van der Waals surface area contributed by atoms with Crippen molar-refractivity contribution in [2.75, 3.05) is 17.7 Å². The molecule has 0 radical (unpaired) electrons. The number of carbonyl (C=O) groups excluding carboxylic acids is 1. The summed E-state index contributed by atoms with van der Waals surface area (Å²) in [4.78, 5) is 15.1. The van der Waals surface area contributed by atoms with E-state index in [2.05, 4.69) is 32.0 Å². The lowest BCUT2D eigenvalue weighted by molar-refractivity contribution is -0.115. The maximum Gasteiger partial charge on any atom is 0.237 e. The van der Waals surface area contributed by atoms with Gasteiger partial charge in [-0.2, -0.15) is 0 Å². The Labute approximate surface area is 124 Å². The SMILES string of the molecule is Cc1ccc(SCC(=O)N(C)c2ccccc2)c(C)c1. The number of hydrogen-bond donors (Lipinski definition) is 0. The minimum absolute atomic E-state index is 0.112. The highest BCUT2D eigenvalue weighted by molar-refractivity contribution is 8.00. The maximum atomic E-state index is 12.2. The summed E-state index contributed by atoms with van der Waals surface area (Å²) in [6.45, 7) is 4.16. The predicted octanol–water partition coefficient (Wildman–Crippen LogP) is 4.06. The van der Waals surface area contributed by atoms with Crippen molar-refractivity contribution in [2.24, 2.45) is 0 Å². The average molecular weight is 285 g/mol. The van der Waals surface area contributed by atoms with Crippen molar-refractivity contribution in [2.45, 2.75) is 18.7 Å². The molecule has 0 N–H and O–H groups in total. The van der Waals surface area contributed by atoms with Gasteiger partial charge in [-0.05, 0) is 37.6 Å². The molecule has 3 heteroatoms. The monoisotopic (exact) mass is 285 g/mol. The van der Waals surface area contributed by atoms with Crippen LogP contribution in [-0.4, -0.2) is 18.7 Å². The number of para-hydroxylation sites is 1. The highest BCUT2D eigenvalue weighted by Crippen LogP contribution is 2.24. The van der Waals surface area contributed by atoms with E-state index in [4.69, 9.17) is 0 Å². The average Bonchev–Trinajstić information content (AvgIpc) is 2.46. The minimum Gasteiger partial charge on any atom is -0.315 e. The summed E-state index contributed by atoms with van der Waals surface area (Å²) >= 11 is 1.60. The Morgan fingerprint density at radius 2 is 1.80 bits per heavy atom. The highest BCUT2D eigenvalue weighted by atomic mass is 32.2. The topological polar surface area (TPSA) is 20.3 Å². The molecule has 0 saturated carbocycles. The molecule has 1 amide bonds. The van der Waals surface area contributed by atoms with Crippen LogP contribution in [0.1, 0.15) is 11.1 Å². The number of hydrogen-bond acceptors (Lipinski definition) is 2. The summed E-state index contributed by atoms with van der Waals surface area (Å²) in [5.41, 5.74) is 3.41. The molecule has 2 aromatic rings. The van der Waals surface area contributed by atoms with E-state index in [1.54, 1.807) is 16.7 Å². The second-order valence-electron chi connectivity index (χ2n) is 4.85. The first-order valence-electron chi connectivity index (χ1n) is 6.59. The third-order valence-electron chi connectivity index (χ3n) is 3.20. The standard InChI is InChI=1S/C17H19NOS/c1-13-9-10-16(14(2)11-13)20-12-17(19)18(3)15-7-5-4-6-8-15/h4-11H,12H2,1-3H3. The second-order valence-corrected chi connectivity index (χ2v) is 5.86.